The Morgan fingerprint density at radius 3 is 2.36 bits per heavy atom. The van der Waals surface area contributed by atoms with Gasteiger partial charge in [-0.15, -0.1) is 11.8 Å². The summed E-state index contributed by atoms with van der Waals surface area (Å²) in [7, 11) is -3.27. The van der Waals surface area contributed by atoms with Crippen molar-refractivity contribution >= 4 is 56.5 Å². The third kappa shape index (κ3) is 5.45. The Labute approximate surface area is 209 Å². The van der Waals surface area contributed by atoms with E-state index in [1.807, 2.05) is 19.9 Å². The monoisotopic (exact) mass is 527 g/mol. The van der Waals surface area contributed by atoms with Crippen LogP contribution in [-0.4, -0.2) is 48.4 Å². The molecule has 2 aromatic rings. The molecule has 1 amide bonds. The van der Waals surface area contributed by atoms with Gasteiger partial charge in [-0.25, -0.2) is 13.4 Å². The number of benzene rings is 1. The maximum Gasteiger partial charge on any atom is 0.236 e. The lowest BCUT2D eigenvalue weighted by molar-refractivity contribution is -0.123. The minimum absolute atomic E-state index is 0.0213. The van der Waals surface area contributed by atoms with Crippen LogP contribution in [0.25, 0.3) is 0 Å². The largest absolute Gasteiger partial charge is 0.352 e. The van der Waals surface area contributed by atoms with Crippen molar-refractivity contribution in [2.24, 2.45) is 0 Å². The second-order valence-electron chi connectivity index (χ2n) is 9.25. The first kappa shape index (κ1) is 24.6. The van der Waals surface area contributed by atoms with Crippen LogP contribution < -0.4 is 10.2 Å². The number of nitrogens with one attached hydrogen (secondary N) is 1. The lowest BCUT2D eigenvalue weighted by Crippen LogP contribution is -2.53. The van der Waals surface area contributed by atoms with Crippen molar-refractivity contribution in [3.8, 4) is 0 Å². The Bertz CT molecular complexity index is 1140. The molecule has 2 aliphatic heterocycles. The molecule has 178 valence electrons. The van der Waals surface area contributed by atoms with Gasteiger partial charge < -0.3 is 10.2 Å². The topological polar surface area (TPSA) is 79.4 Å². The first-order valence-corrected chi connectivity index (χ1v) is 14.3. The molecule has 33 heavy (non-hydrogen) atoms. The quantitative estimate of drug-likeness (QED) is 0.533. The number of thioether (sulfide) groups is 1. The number of halogens is 2. The normalized spacial score (nSPS) is 22.9. The molecule has 4 rings (SSSR count). The molecule has 0 spiro atoms. The average molecular weight is 529 g/mol. The van der Waals surface area contributed by atoms with Gasteiger partial charge in [-0.3, -0.25) is 4.79 Å². The van der Waals surface area contributed by atoms with Crippen molar-refractivity contribution in [2.45, 2.75) is 72.2 Å². The molecule has 3 atom stereocenters. The number of sulfone groups is 1. The number of rotatable bonds is 6. The lowest BCUT2D eigenvalue weighted by atomic mass is 9.96. The summed E-state index contributed by atoms with van der Waals surface area (Å²) in [5.74, 6) is 0.778. The standard InChI is InChI=1S/C23H27Cl2N3O3S2/c1-23(2,32-20-8-4-14(24)10-19(20)25)22(29)27-15-11-16-5-6-17(12-15)28(16)21-9-7-18(13-26-21)33(3,30)31/h4,7-10,13,15-17H,5-6,11-12H2,1-3H3,(H,27,29)/t15?,16-,17+. The van der Waals surface area contributed by atoms with Crippen molar-refractivity contribution in [1.82, 2.24) is 10.3 Å². The van der Waals surface area contributed by atoms with Crippen molar-refractivity contribution in [1.29, 1.82) is 0 Å². The van der Waals surface area contributed by atoms with Gasteiger partial charge in [0, 0.05) is 40.5 Å². The molecule has 1 aromatic heterocycles. The van der Waals surface area contributed by atoms with Gasteiger partial charge in [-0.2, -0.15) is 0 Å². The molecule has 1 N–H and O–H groups in total. The van der Waals surface area contributed by atoms with Crippen molar-refractivity contribution in [3.05, 3.63) is 46.6 Å². The number of pyridine rings is 1. The summed E-state index contributed by atoms with van der Waals surface area (Å²) in [4.78, 5) is 20.9. The molecule has 2 bridgehead atoms. The minimum Gasteiger partial charge on any atom is -0.352 e. The Hall–Kier alpha value is -1.48. The van der Waals surface area contributed by atoms with E-state index in [-0.39, 0.29) is 28.9 Å². The van der Waals surface area contributed by atoms with Crippen LogP contribution in [0.4, 0.5) is 5.82 Å². The molecule has 6 nitrogen and oxygen atoms in total. The van der Waals surface area contributed by atoms with Crippen molar-refractivity contribution < 1.29 is 13.2 Å². The first-order chi connectivity index (χ1) is 15.4. The van der Waals surface area contributed by atoms with E-state index < -0.39 is 14.6 Å². The highest BCUT2D eigenvalue weighted by atomic mass is 35.5. The fourth-order valence-corrected chi connectivity index (χ4v) is 6.73. The molecule has 0 saturated carbocycles. The molecule has 0 radical (unpaired) electrons. The fraction of sp³-hybridized carbons (Fsp3) is 0.478. The number of nitrogens with zero attached hydrogens (tertiary/aromatic N) is 2. The smallest absolute Gasteiger partial charge is 0.236 e. The molecular formula is C23H27Cl2N3O3S2. The predicted octanol–water partition coefficient (Wildman–Crippen LogP) is 4.98. The van der Waals surface area contributed by atoms with Gasteiger partial charge in [0.1, 0.15) is 5.82 Å². The van der Waals surface area contributed by atoms with Crippen molar-refractivity contribution in [3.63, 3.8) is 0 Å². The summed E-state index contributed by atoms with van der Waals surface area (Å²) >= 11 is 13.7. The predicted molar refractivity (Wildman–Crippen MR) is 134 cm³/mol. The van der Waals surface area contributed by atoms with Crippen LogP contribution in [-0.2, 0) is 14.6 Å². The maximum absolute atomic E-state index is 13.1. The Balaban J connectivity index is 1.41. The molecular weight excluding hydrogens is 501 g/mol. The highest BCUT2D eigenvalue weighted by molar-refractivity contribution is 8.01. The van der Waals surface area contributed by atoms with Crippen LogP contribution in [0.3, 0.4) is 0 Å². The fourth-order valence-electron chi connectivity index (χ4n) is 4.65. The molecule has 0 aliphatic carbocycles. The van der Waals surface area contributed by atoms with Crippen LogP contribution in [0.5, 0.6) is 0 Å². The summed E-state index contributed by atoms with van der Waals surface area (Å²) in [5, 5.41) is 4.36. The van der Waals surface area contributed by atoms with E-state index in [0.29, 0.717) is 10.0 Å². The number of anilines is 1. The second-order valence-corrected chi connectivity index (χ2v) is 13.8. The number of piperidine rings is 1. The van der Waals surface area contributed by atoms with Gasteiger partial charge in [0.2, 0.25) is 5.91 Å². The zero-order valence-electron chi connectivity index (χ0n) is 18.7. The van der Waals surface area contributed by atoms with Gasteiger partial charge in [-0.05, 0) is 69.9 Å². The lowest BCUT2D eigenvalue weighted by Gasteiger charge is -2.40. The van der Waals surface area contributed by atoms with Crippen LogP contribution in [0.2, 0.25) is 10.0 Å². The SMILES string of the molecule is CC(C)(Sc1ccc(Cl)cc1Cl)C(=O)NC1C[C@H]2CC[C@@H](C1)N2c1ccc(S(C)(=O)=O)cn1. The van der Waals surface area contributed by atoms with E-state index in [2.05, 4.69) is 15.2 Å². The number of fused-ring (bicyclic) bond motifs is 2. The third-order valence-corrected chi connectivity index (χ3v) is 9.32. The highest BCUT2D eigenvalue weighted by Crippen LogP contribution is 2.41. The molecule has 2 fully saturated rings. The number of hydrogen-bond donors (Lipinski definition) is 1. The Kier molecular flexibility index (Phi) is 6.93. The van der Waals surface area contributed by atoms with E-state index in [4.69, 9.17) is 23.2 Å². The molecule has 3 heterocycles. The zero-order valence-corrected chi connectivity index (χ0v) is 21.9. The van der Waals surface area contributed by atoms with E-state index >= 15 is 0 Å². The number of hydrogen-bond acceptors (Lipinski definition) is 6. The van der Waals surface area contributed by atoms with E-state index in [1.165, 1.54) is 24.2 Å². The minimum atomic E-state index is -3.27. The average Bonchev–Trinajstić information content (AvgIpc) is 3.00. The molecule has 1 aromatic carbocycles. The van der Waals surface area contributed by atoms with Gasteiger partial charge in [-0.1, -0.05) is 23.2 Å². The van der Waals surface area contributed by atoms with Gasteiger partial charge in [0.05, 0.1) is 14.7 Å². The molecule has 2 saturated heterocycles. The number of aromatic nitrogens is 1. The van der Waals surface area contributed by atoms with Gasteiger partial charge >= 0.3 is 0 Å². The van der Waals surface area contributed by atoms with Crippen LogP contribution >= 0.6 is 35.0 Å². The summed E-state index contributed by atoms with van der Waals surface area (Å²) in [5.41, 5.74) is 0. The molecule has 10 heteroatoms. The van der Waals surface area contributed by atoms with E-state index in [1.54, 1.807) is 24.3 Å². The van der Waals surface area contributed by atoms with Crippen LogP contribution in [0, 0.1) is 0 Å². The van der Waals surface area contributed by atoms with Gasteiger partial charge in [0.25, 0.3) is 0 Å². The third-order valence-electron chi connectivity index (χ3n) is 6.29. The van der Waals surface area contributed by atoms with Crippen LogP contribution in [0.1, 0.15) is 39.5 Å². The summed E-state index contributed by atoms with van der Waals surface area (Å²) in [6, 6.07) is 9.33. The molecule has 1 unspecified atom stereocenters. The van der Waals surface area contributed by atoms with Crippen LogP contribution in [0.15, 0.2) is 46.3 Å². The summed E-state index contributed by atoms with van der Waals surface area (Å²) < 4.78 is 22.8. The highest BCUT2D eigenvalue weighted by Gasteiger charge is 2.43. The number of carbonyl (C=O) groups is 1. The van der Waals surface area contributed by atoms with E-state index in [9.17, 15) is 13.2 Å². The number of carbonyl (C=O) groups excluding carboxylic acids is 1. The Morgan fingerprint density at radius 2 is 1.82 bits per heavy atom. The van der Waals surface area contributed by atoms with Crippen molar-refractivity contribution in [2.75, 3.05) is 11.2 Å². The zero-order chi connectivity index (χ0) is 24.0. The van der Waals surface area contributed by atoms with Gasteiger partial charge in [0.15, 0.2) is 9.84 Å². The summed E-state index contributed by atoms with van der Waals surface area (Å²) in [6.07, 6.45) is 6.35. The second kappa shape index (κ2) is 9.29. The first-order valence-electron chi connectivity index (χ1n) is 10.8. The summed E-state index contributed by atoms with van der Waals surface area (Å²) in [6.45, 7) is 3.80. The number of amides is 1. The molecule has 2 aliphatic rings. The maximum atomic E-state index is 13.1. The van der Waals surface area contributed by atoms with E-state index in [0.717, 1.165) is 36.4 Å². The Morgan fingerprint density at radius 1 is 1.15 bits per heavy atom.